The highest BCUT2D eigenvalue weighted by molar-refractivity contribution is 6.87. The first-order valence-corrected chi connectivity index (χ1v) is 17.2. The molecule has 1 rings (SSSR count). The number of nitrogens with two attached hydrogens (primary N) is 2. The average Bonchev–Trinajstić information content (AvgIpc) is 2.84. The minimum absolute atomic E-state index is 0.0986. The van der Waals surface area contributed by atoms with E-state index in [9.17, 15) is 0 Å². The molecule has 0 aliphatic heterocycles. The molecule has 1 aromatic heterocycles. The van der Waals surface area contributed by atoms with Gasteiger partial charge in [-0.3, -0.25) is 0 Å². The van der Waals surface area contributed by atoms with Gasteiger partial charge in [-0.05, 0) is 48.0 Å². The molecule has 0 aliphatic rings. The molecule has 1 heterocycles. The number of hydrogen-bond acceptors (Lipinski definition) is 13. The zero-order chi connectivity index (χ0) is 33.0. The first-order chi connectivity index (χ1) is 20.0. The Bertz CT molecular complexity index is 1050. The summed E-state index contributed by atoms with van der Waals surface area (Å²) in [5.41, 5.74) is 11.7. The number of hydrogen-bond donors (Lipinski definition) is 3. The van der Waals surface area contributed by atoms with Crippen LogP contribution in [-0.2, 0) is 26.6 Å². The van der Waals surface area contributed by atoms with Crippen LogP contribution >= 0.6 is 0 Å². The van der Waals surface area contributed by atoms with E-state index in [2.05, 4.69) is 54.8 Å². The molecule has 0 amide bonds. The lowest BCUT2D eigenvalue weighted by Crippen LogP contribution is -2.82. The third-order valence-corrected chi connectivity index (χ3v) is 14.0. The van der Waals surface area contributed by atoms with E-state index >= 15 is 0 Å². The van der Waals surface area contributed by atoms with Crippen molar-refractivity contribution in [1.29, 1.82) is 0 Å². The molecule has 0 spiro atoms. The Morgan fingerprint density at radius 3 is 1.35 bits per heavy atom. The van der Waals surface area contributed by atoms with E-state index in [4.69, 9.17) is 43.0 Å². The van der Waals surface area contributed by atoms with Crippen molar-refractivity contribution in [3.8, 4) is 0 Å². The Morgan fingerprint density at radius 2 is 1.07 bits per heavy atom. The molecule has 0 bridgehead atoms. The van der Waals surface area contributed by atoms with Gasteiger partial charge in [0.25, 0.3) is 4.79 Å². The van der Waals surface area contributed by atoms with Gasteiger partial charge in [-0.15, -0.1) is 0 Å². The van der Waals surface area contributed by atoms with Crippen LogP contribution in [0.4, 0.5) is 11.9 Å². The Kier molecular flexibility index (Phi) is 14.0. The van der Waals surface area contributed by atoms with E-state index in [1.54, 1.807) is 41.5 Å². The fraction of sp³-hybridized carbons (Fsp3) is 0.464. The van der Waals surface area contributed by atoms with Gasteiger partial charge in [0.2, 0.25) is 11.9 Å². The van der Waals surface area contributed by atoms with Gasteiger partial charge < -0.3 is 48.2 Å². The third-order valence-electron chi connectivity index (χ3n) is 5.39. The third kappa shape index (κ3) is 9.60. The molecule has 5 N–H and O–H groups in total. The summed E-state index contributed by atoms with van der Waals surface area (Å²) in [4.78, 5) is 13.7. The topological polar surface area (TPSA) is 161 Å². The Balaban J connectivity index is 4.40. The second kappa shape index (κ2) is 16.2. The summed E-state index contributed by atoms with van der Waals surface area (Å²) < 4.78 is 39.0. The van der Waals surface area contributed by atoms with Gasteiger partial charge in [0.15, 0.2) is 0 Å². The largest absolute Gasteiger partial charge is 0.734 e. The minimum atomic E-state index is -4.36. The molecule has 0 saturated heterocycles. The van der Waals surface area contributed by atoms with Crippen LogP contribution in [0.2, 0.25) is 0 Å². The summed E-state index contributed by atoms with van der Waals surface area (Å²) in [6, 6.07) is 0. The normalized spacial score (nSPS) is 11.5. The van der Waals surface area contributed by atoms with Crippen molar-refractivity contribution in [2.75, 3.05) is 36.4 Å². The molecular weight excluding hydrogens is 587 g/mol. The number of nitrogens with zero attached hydrogens (tertiary/aromatic N) is 4. The first kappa shape index (κ1) is 37.2. The second-order valence-corrected chi connectivity index (χ2v) is 15.7. The Hall–Kier alpha value is -3.80. The monoisotopic (exact) mass is 635 g/mol. The van der Waals surface area contributed by atoms with Crippen LogP contribution < -0.4 is 21.7 Å². The Morgan fingerprint density at radius 1 is 0.721 bits per heavy atom. The molecule has 15 heteroatoms. The summed E-state index contributed by atoms with van der Waals surface area (Å²) >= 11 is 0. The lowest BCUT2D eigenvalue weighted by atomic mass is 10.4. The predicted molar refractivity (Wildman–Crippen MR) is 174 cm³/mol. The van der Waals surface area contributed by atoms with Gasteiger partial charge >= 0.3 is 17.6 Å². The summed E-state index contributed by atoms with van der Waals surface area (Å²) in [6.45, 7) is 37.4. The molecule has 0 unspecified atom stereocenters. The number of nitrogens with one attached hydrogen (secondary N) is 1. The maximum absolute atomic E-state index is 6.50. The number of rotatable bonds is 22. The van der Waals surface area contributed by atoms with Gasteiger partial charge in [0, 0.05) is 26.2 Å². The van der Waals surface area contributed by atoms with Crippen molar-refractivity contribution in [2.45, 2.75) is 59.7 Å². The van der Waals surface area contributed by atoms with E-state index in [1.165, 1.54) is 6.33 Å². The highest BCUT2D eigenvalue weighted by atomic mass is 28.5. The molecule has 43 heavy (non-hydrogen) atoms. The zero-order valence-corrected chi connectivity index (χ0v) is 28.7. The van der Waals surface area contributed by atoms with E-state index < -0.39 is 22.4 Å². The lowest BCUT2D eigenvalue weighted by Gasteiger charge is -2.49. The van der Waals surface area contributed by atoms with E-state index in [1.807, 2.05) is 11.8 Å². The maximum Gasteiger partial charge on any atom is 0.734 e. The van der Waals surface area contributed by atoms with Crippen LogP contribution in [0.15, 0.2) is 80.4 Å². The van der Waals surface area contributed by atoms with E-state index in [-0.39, 0.29) is 46.9 Å². The van der Waals surface area contributed by atoms with Crippen molar-refractivity contribution in [1.82, 2.24) is 15.0 Å². The second-order valence-electron chi connectivity index (χ2n) is 9.99. The smallest absolute Gasteiger partial charge is 0.487 e. The van der Waals surface area contributed by atoms with Crippen LogP contribution in [0.5, 0.6) is 0 Å². The zero-order valence-electron chi connectivity index (χ0n) is 26.7. The molecule has 13 nitrogen and oxygen atoms in total. The molecular formula is C28H49N7O6Si2. The van der Waals surface area contributed by atoms with E-state index in [0.717, 1.165) is 0 Å². The summed E-state index contributed by atoms with van der Waals surface area (Å²) in [5, 5.41) is 3.41. The lowest BCUT2D eigenvalue weighted by molar-refractivity contribution is 0.0808. The van der Waals surface area contributed by atoms with Crippen molar-refractivity contribution < 1.29 is 26.6 Å². The SMILES string of the molecule is C=C(C)O[Si](OC(=C)C)(OC(=C)C)C(CC)(Nc1ncnc(N(CCN)CCN)n1)[Si](OC(=C)C)(OC(=C)C)OC(=C)C. The Labute approximate surface area is 258 Å². The summed E-state index contributed by atoms with van der Waals surface area (Å²) in [6.07, 6.45) is 1.50. The van der Waals surface area contributed by atoms with Crippen molar-refractivity contribution >= 4 is 29.5 Å². The van der Waals surface area contributed by atoms with Gasteiger partial charge in [-0.1, -0.05) is 46.4 Å². The van der Waals surface area contributed by atoms with Gasteiger partial charge in [-0.2, -0.15) is 4.98 Å². The van der Waals surface area contributed by atoms with Crippen molar-refractivity contribution in [2.24, 2.45) is 11.5 Å². The molecule has 0 radical (unpaired) electrons. The van der Waals surface area contributed by atoms with Crippen LogP contribution in [0.25, 0.3) is 0 Å². The minimum Gasteiger partial charge on any atom is -0.487 e. The molecule has 1 aromatic rings. The average molecular weight is 636 g/mol. The standard InChI is InChI=1S/C28H49N7O6Si2/c1-14-28(42(36-20(2)3,37-21(4)5)38-22(6)7,43(39-23(8)9,40-24(10)11)41-25(12)13)34-26-31-19-32-27(33-26)35(17-15-29)18-16-30/h19H,2,4,6,8,10,12,14-18,29-30H2,1,3,5,7,9,11,13H3,(H,31,32,33,34). The van der Waals surface area contributed by atoms with Crippen LogP contribution in [-0.4, -0.2) is 63.5 Å². The predicted octanol–water partition coefficient (Wildman–Crippen LogP) is 4.41. The van der Waals surface area contributed by atoms with Gasteiger partial charge in [0.1, 0.15) is 6.33 Å². The van der Waals surface area contributed by atoms with Crippen LogP contribution in [0.3, 0.4) is 0 Å². The summed E-state index contributed by atoms with van der Waals surface area (Å²) in [7, 11) is -8.72. The fourth-order valence-corrected chi connectivity index (χ4v) is 12.1. The van der Waals surface area contributed by atoms with Crippen molar-refractivity contribution in [3.05, 3.63) is 80.4 Å². The highest BCUT2D eigenvalue weighted by Gasteiger charge is 2.87. The summed E-state index contributed by atoms with van der Waals surface area (Å²) in [5.74, 6) is 2.05. The van der Waals surface area contributed by atoms with Crippen molar-refractivity contribution in [3.63, 3.8) is 0 Å². The molecule has 0 fully saturated rings. The first-order valence-electron chi connectivity index (χ1n) is 13.7. The highest BCUT2D eigenvalue weighted by Crippen LogP contribution is 2.45. The molecule has 240 valence electrons. The maximum atomic E-state index is 6.50. The van der Waals surface area contributed by atoms with Gasteiger partial charge in [0.05, 0.1) is 34.6 Å². The van der Waals surface area contributed by atoms with Crippen LogP contribution in [0, 0.1) is 0 Å². The molecule has 0 atom stereocenters. The number of anilines is 2. The molecule has 0 aliphatic carbocycles. The molecule has 0 aromatic carbocycles. The fourth-order valence-electron chi connectivity index (χ4n) is 4.20. The molecule has 0 saturated carbocycles. The number of aromatic nitrogens is 3. The van der Waals surface area contributed by atoms with Gasteiger partial charge in [-0.25, -0.2) is 9.97 Å². The van der Waals surface area contributed by atoms with Crippen LogP contribution in [0.1, 0.15) is 54.9 Å². The van der Waals surface area contributed by atoms with E-state index in [0.29, 0.717) is 32.1 Å². The quantitative estimate of drug-likeness (QED) is 0.121. The number of allylic oxidation sites excluding steroid dienone is 6.